The van der Waals surface area contributed by atoms with E-state index in [1.807, 2.05) is 0 Å². The average Bonchev–Trinajstić information content (AvgIpc) is 2.49. The summed E-state index contributed by atoms with van der Waals surface area (Å²) in [5.41, 5.74) is 3.62. The molecule has 22 heavy (non-hydrogen) atoms. The van der Waals surface area contributed by atoms with Crippen LogP contribution in [0.4, 0.5) is 0 Å². The molecule has 1 aromatic carbocycles. The van der Waals surface area contributed by atoms with E-state index in [1.54, 1.807) is 25.1 Å². The van der Waals surface area contributed by atoms with Gasteiger partial charge in [-0.1, -0.05) is 30.1 Å². The van der Waals surface area contributed by atoms with Crippen molar-refractivity contribution in [2.24, 2.45) is 11.0 Å². The molecule has 120 valence electrons. The van der Waals surface area contributed by atoms with Gasteiger partial charge in [0.1, 0.15) is 5.75 Å². The molecule has 1 fully saturated rings. The van der Waals surface area contributed by atoms with Crippen LogP contribution in [0.1, 0.15) is 39.5 Å². The number of amides is 1. The zero-order valence-corrected chi connectivity index (χ0v) is 14.2. The Hall–Kier alpha value is -1.26. The van der Waals surface area contributed by atoms with Gasteiger partial charge in [0.15, 0.2) is 6.10 Å². The Labute approximate surface area is 140 Å². The van der Waals surface area contributed by atoms with Crippen molar-refractivity contribution in [2.45, 2.75) is 45.6 Å². The van der Waals surface area contributed by atoms with Crippen LogP contribution in [0.25, 0.3) is 0 Å². The highest BCUT2D eigenvalue weighted by Gasteiger charge is 2.17. The maximum atomic E-state index is 12.0. The first-order valence-electron chi connectivity index (χ1n) is 7.42. The zero-order chi connectivity index (χ0) is 16.1. The van der Waals surface area contributed by atoms with Gasteiger partial charge in [-0.3, -0.25) is 4.79 Å². The largest absolute Gasteiger partial charge is 0.479 e. The third-order valence-electron chi connectivity index (χ3n) is 3.74. The Kier molecular flexibility index (Phi) is 6.09. The second kappa shape index (κ2) is 7.84. The standard InChI is InChI=1S/C16H20Cl2N2O2/c1-10-3-6-13(7-4-10)19-20-16(21)11(2)22-15-8-5-12(17)9-14(15)18/h5,8-11H,3-4,6-7H2,1-2H3,(H,20,21)/t10?,11-/m1/s1. The molecular weight excluding hydrogens is 323 g/mol. The summed E-state index contributed by atoms with van der Waals surface area (Å²) in [6.45, 7) is 3.89. The number of nitrogens with zero attached hydrogens (tertiary/aromatic N) is 1. The Morgan fingerprint density at radius 1 is 1.36 bits per heavy atom. The summed E-state index contributed by atoms with van der Waals surface area (Å²) in [7, 11) is 0. The second-order valence-electron chi connectivity index (χ2n) is 5.67. The third kappa shape index (κ3) is 4.89. The van der Waals surface area contributed by atoms with E-state index in [0.717, 1.165) is 37.3 Å². The van der Waals surface area contributed by atoms with Gasteiger partial charge in [0.05, 0.1) is 5.02 Å². The molecule has 1 aromatic rings. The summed E-state index contributed by atoms with van der Waals surface area (Å²) in [6.07, 6.45) is 3.45. The predicted molar refractivity (Wildman–Crippen MR) is 89.8 cm³/mol. The molecule has 1 amide bonds. The number of ether oxygens (including phenoxy) is 1. The molecule has 1 aliphatic carbocycles. The van der Waals surface area contributed by atoms with Crippen LogP contribution in [0.2, 0.25) is 10.0 Å². The zero-order valence-electron chi connectivity index (χ0n) is 12.7. The van der Waals surface area contributed by atoms with Crippen molar-refractivity contribution in [3.63, 3.8) is 0 Å². The number of rotatable bonds is 4. The molecule has 0 saturated heterocycles. The van der Waals surface area contributed by atoms with Crippen molar-refractivity contribution in [3.05, 3.63) is 28.2 Å². The normalized spacial score (nSPS) is 19.5. The lowest BCUT2D eigenvalue weighted by Crippen LogP contribution is -2.34. The van der Waals surface area contributed by atoms with E-state index in [9.17, 15) is 4.79 Å². The van der Waals surface area contributed by atoms with E-state index in [2.05, 4.69) is 17.5 Å². The van der Waals surface area contributed by atoms with Gasteiger partial charge in [-0.25, -0.2) is 5.43 Å². The molecule has 6 heteroatoms. The summed E-state index contributed by atoms with van der Waals surface area (Å²) in [4.78, 5) is 12.0. The summed E-state index contributed by atoms with van der Waals surface area (Å²) in [5.74, 6) is 0.869. The van der Waals surface area contributed by atoms with E-state index < -0.39 is 6.10 Å². The number of hydrogen-bond donors (Lipinski definition) is 1. The molecule has 0 radical (unpaired) electrons. The minimum absolute atomic E-state index is 0.294. The van der Waals surface area contributed by atoms with Crippen LogP contribution in [0.5, 0.6) is 5.75 Å². The van der Waals surface area contributed by atoms with E-state index in [-0.39, 0.29) is 5.91 Å². The molecule has 1 N–H and O–H groups in total. The van der Waals surface area contributed by atoms with E-state index in [0.29, 0.717) is 15.8 Å². The molecule has 4 nitrogen and oxygen atoms in total. The summed E-state index contributed by atoms with van der Waals surface area (Å²) < 4.78 is 5.55. The maximum Gasteiger partial charge on any atom is 0.280 e. The van der Waals surface area contributed by atoms with Crippen molar-refractivity contribution in [1.82, 2.24) is 5.43 Å². The van der Waals surface area contributed by atoms with Crippen molar-refractivity contribution in [1.29, 1.82) is 0 Å². The fraction of sp³-hybridized carbons (Fsp3) is 0.500. The van der Waals surface area contributed by atoms with Gasteiger partial charge < -0.3 is 4.74 Å². The number of benzene rings is 1. The number of nitrogens with one attached hydrogen (secondary N) is 1. The third-order valence-corrected chi connectivity index (χ3v) is 4.27. The number of carbonyl (C=O) groups excluding carboxylic acids is 1. The molecule has 0 aliphatic heterocycles. The second-order valence-corrected chi connectivity index (χ2v) is 6.52. The van der Waals surface area contributed by atoms with Crippen molar-refractivity contribution >= 4 is 34.8 Å². The molecule has 1 saturated carbocycles. The van der Waals surface area contributed by atoms with Gasteiger partial charge in [0.25, 0.3) is 5.91 Å². The minimum atomic E-state index is -0.689. The lowest BCUT2D eigenvalue weighted by molar-refractivity contribution is -0.127. The maximum absolute atomic E-state index is 12.0. The van der Waals surface area contributed by atoms with Crippen molar-refractivity contribution < 1.29 is 9.53 Å². The highest BCUT2D eigenvalue weighted by atomic mass is 35.5. The molecule has 0 bridgehead atoms. The van der Waals surface area contributed by atoms with Gasteiger partial charge >= 0.3 is 0 Å². The van der Waals surface area contributed by atoms with Crippen LogP contribution in [-0.2, 0) is 4.79 Å². The van der Waals surface area contributed by atoms with E-state index in [1.165, 1.54) is 0 Å². The van der Waals surface area contributed by atoms with E-state index >= 15 is 0 Å². The van der Waals surface area contributed by atoms with Gasteiger partial charge in [0, 0.05) is 10.7 Å². The molecular formula is C16H20Cl2N2O2. The van der Waals surface area contributed by atoms with Gasteiger partial charge in [-0.15, -0.1) is 0 Å². The molecule has 0 spiro atoms. The molecule has 1 atom stereocenters. The Balaban J connectivity index is 1.88. The fourth-order valence-corrected chi connectivity index (χ4v) is 2.70. The Bertz CT molecular complexity index is 565. The van der Waals surface area contributed by atoms with E-state index in [4.69, 9.17) is 27.9 Å². The lowest BCUT2D eigenvalue weighted by atomic mass is 9.90. The first-order chi connectivity index (χ1) is 10.5. The van der Waals surface area contributed by atoms with Crippen LogP contribution in [0, 0.1) is 5.92 Å². The quantitative estimate of drug-likeness (QED) is 0.822. The fourth-order valence-electron chi connectivity index (χ4n) is 2.25. The smallest absolute Gasteiger partial charge is 0.280 e. The van der Waals surface area contributed by atoms with Gasteiger partial charge in [-0.05, 0) is 56.7 Å². The molecule has 0 heterocycles. The number of hydrazone groups is 1. The summed E-state index contributed by atoms with van der Waals surface area (Å²) in [5, 5.41) is 5.10. The molecule has 1 aliphatic rings. The number of halogens is 2. The monoisotopic (exact) mass is 342 g/mol. The number of carbonyl (C=O) groups is 1. The highest BCUT2D eigenvalue weighted by molar-refractivity contribution is 6.35. The molecule has 0 aromatic heterocycles. The predicted octanol–water partition coefficient (Wildman–Crippen LogP) is 4.44. The lowest BCUT2D eigenvalue weighted by Gasteiger charge is -2.19. The van der Waals surface area contributed by atoms with Crippen LogP contribution < -0.4 is 10.2 Å². The van der Waals surface area contributed by atoms with Crippen LogP contribution in [0.15, 0.2) is 23.3 Å². The molecule has 2 rings (SSSR count). The van der Waals surface area contributed by atoms with Crippen molar-refractivity contribution in [2.75, 3.05) is 0 Å². The molecule has 0 unspecified atom stereocenters. The summed E-state index contributed by atoms with van der Waals surface area (Å²) in [6, 6.07) is 4.88. The van der Waals surface area contributed by atoms with Crippen LogP contribution >= 0.6 is 23.2 Å². The number of hydrogen-bond acceptors (Lipinski definition) is 3. The average molecular weight is 343 g/mol. The SMILES string of the molecule is CC1CCC(=NNC(=O)[C@@H](C)Oc2ccc(Cl)cc2Cl)CC1. The first kappa shape index (κ1) is 17.1. The summed E-state index contributed by atoms with van der Waals surface area (Å²) >= 11 is 11.8. The van der Waals surface area contributed by atoms with Gasteiger partial charge in [0.2, 0.25) is 0 Å². The topological polar surface area (TPSA) is 50.7 Å². The van der Waals surface area contributed by atoms with Gasteiger partial charge in [-0.2, -0.15) is 5.10 Å². The minimum Gasteiger partial charge on any atom is -0.479 e. The Morgan fingerprint density at radius 3 is 2.68 bits per heavy atom. The van der Waals surface area contributed by atoms with Crippen LogP contribution in [0.3, 0.4) is 0 Å². The van der Waals surface area contributed by atoms with Crippen molar-refractivity contribution in [3.8, 4) is 5.75 Å². The first-order valence-corrected chi connectivity index (χ1v) is 8.18. The Morgan fingerprint density at radius 2 is 2.05 bits per heavy atom. The highest BCUT2D eigenvalue weighted by Crippen LogP contribution is 2.28. The van der Waals surface area contributed by atoms with Crippen LogP contribution in [-0.4, -0.2) is 17.7 Å².